The highest BCUT2D eigenvalue weighted by Gasteiger charge is 2.12. The number of benzene rings is 1. The first kappa shape index (κ1) is 16.0. The lowest BCUT2D eigenvalue weighted by molar-refractivity contribution is 0.313. The van der Waals surface area contributed by atoms with Gasteiger partial charge in [0.2, 0.25) is 0 Å². The molecule has 0 radical (unpaired) electrons. The lowest BCUT2D eigenvalue weighted by atomic mass is 9.87. The van der Waals surface area contributed by atoms with Crippen molar-refractivity contribution in [1.82, 2.24) is 5.32 Å². The van der Waals surface area contributed by atoms with Crippen LogP contribution in [0, 0.1) is 0 Å². The van der Waals surface area contributed by atoms with Crippen LogP contribution in [0.4, 0.5) is 0 Å². The van der Waals surface area contributed by atoms with Gasteiger partial charge in [0.05, 0.1) is 0 Å². The standard InChI is InChI=1S/C17H29NO/c1-5-6-7-12-18-13-14-19-16-10-8-15(9-11-16)17(2,3)4/h8-11,18H,5-7,12-14H2,1-4H3. The first-order valence-electron chi connectivity index (χ1n) is 7.48. The molecule has 2 nitrogen and oxygen atoms in total. The highest BCUT2D eigenvalue weighted by molar-refractivity contribution is 5.31. The van der Waals surface area contributed by atoms with Crippen molar-refractivity contribution in [3.63, 3.8) is 0 Å². The van der Waals surface area contributed by atoms with E-state index in [9.17, 15) is 0 Å². The van der Waals surface area contributed by atoms with Gasteiger partial charge in [-0.2, -0.15) is 0 Å². The summed E-state index contributed by atoms with van der Waals surface area (Å²) in [5, 5.41) is 3.40. The molecule has 2 heteroatoms. The van der Waals surface area contributed by atoms with E-state index in [0.717, 1.165) is 25.4 Å². The highest BCUT2D eigenvalue weighted by Crippen LogP contribution is 2.24. The molecular weight excluding hydrogens is 234 g/mol. The average molecular weight is 263 g/mol. The molecule has 1 aromatic rings. The van der Waals surface area contributed by atoms with E-state index < -0.39 is 0 Å². The van der Waals surface area contributed by atoms with Crippen LogP contribution in [0.2, 0.25) is 0 Å². The van der Waals surface area contributed by atoms with E-state index in [4.69, 9.17) is 4.74 Å². The summed E-state index contributed by atoms with van der Waals surface area (Å²) in [6, 6.07) is 8.45. The maximum absolute atomic E-state index is 5.72. The van der Waals surface area contributed by atoms with Crippen LogP contribution in [0.15, 0.2) is 24.3 Å². The largest absolute Gasteiger partial charge is 0.492 e. The molecule has 0 unspecified atom stereocenters. The van der Waals surface area contributed by atoms with E-state index in [1.165, 1.54) is 24.8 Å². The zero-order valence-electron chi connectivity index (χ0n) is 13.0. The van der Waals surface area contributed by atoms with Gasteiger partial charge in [0.1, 0.15) is 12.4 Å². The molecule has 0 heterocycles. The summed E-state index contributed by atoms with van der Waals surface area (Å²) in [5.74, 6) is 0.961. The summed E-state index contributed by atoms with van der Waals surface area (Å²) in [7, 11) is 0. The summed E-state index contributed by atoms with van der Waals surface area (Å²) >= 11 is 0. The van der Waals surface area contributed by atoms with Crippen LogP contribution in [-0.4, -0.2) is 19.7 Å². The SMILES string of the molecule is CCCCCNCCOc1ccc(C(C)(C)C)cc1. The molecule has 19 heavy (non-hydrogen) atoms. The van der Waals surface area contributed by atoms with E-state index in [1.54, 1.807) is 0 Å². The third-order valence-corrected chi connectivity index (χ3v) is 3.23. The molecule has 0 aliphatic rings. The normalized spacial score (nSPS) is 11.6. The number of nitrogens with one attached hydrogen (secondary N) is 1. The Bertz CT molecular complexity index is 337. The minimum Gasteiger partial charge on any atom is -0.492 e. The topological polar surface area (TPSA) is 21.3 Å². The summed E-state index contributed by atoms with van der Waals surface area (Å²) in [5.41, 5.74) is 1.55. The van der Waals surface area contributed by atoms with Crippen molar-refractivity contribution in [3.05, 3.63) is 29.8 Å². The fraction of sp³-hybridized carbons (Fsp3) is 0.647. The Morgan fingerprint density at radius 1 is 1.00 bits per heavy atom. The summed E-state index contributed by atoms with van der Waals surface area (Å²) in [6.07, 6.45) is 3.84. The van der Waals surface area contributed by atoms with Crippen LogP contribution in [-0.2, 0) is 5.41 Å². The fourth-order valence-corrected chi connectivity index (χ4v) is 1.92. The van der Waals surface area contributed by atoms with Crippen molar-refractivity contribution >= 4 is 0 Å². The summed E-state index contributed by atoms with van der Waals surface area (Å²) < 4.78 is 5.72. The Hall–Kier alpha value is -1.02. The van der Waals surface area contributed by atoms with Gasteiger partial charge in [-0.05, 0) is 36.1 Å². The molecule has 0 amide bonds. The number of unbranched alkanes of at least 4 members (excludes halogenated alkanes) is 2. The molecule has 0 aromatic heterocycles. The molecule has 0 saturated carbocycles. The van der Waals surface area contributed by atoms with Crippen molar-refractivity contribution in [2.24, 2.45) is 0 Å². The molecule has 108 valence electrons. The van der Waals surface area contributed by atoms with Gasteiger partial charge in [-0.3, -0.25) is 0 Å². The van der Waals surface area contributed by atoms with Crippen molar-refractivity contribution < 1.29 is 4.74 Å². The highest BCUT2D eigenvalue weighted by atomic mass is 16.5. The molecule has 0 atom stereocenters. The van der Waals surface area contributed by atoms with Gasteiger partial charge in [0, 0.05) is 6.54 Å². The summed E-state index contributed by atoms with van der Waals surface area (Å²) in [6.45, 7) is 11.7. The zero-order valence-corrected chi connectivity index (χ0v) is 13.0. The van der Waals surface area contributed by atoms with Crippen LogP contribution in [0.1, 0.15) is 52.5 Å². The molecule has 0 saturated heterocycles. The Kier molecular flexibility index (Phi) is 6.93. The number of hydrogen-bond donors (Lipinski definition) is 1. The molecule has 1 N–H and O–H groups in total. The molecule has 0 aliphatic carbocycles. The molecule has 1 rings (SSSR count). The smallest absolute Gasteiger partial charge is 0.119 e. The van der Waals surface area contributed by atoms with Gasteiger partial charge in [-0.15, -0.1) is 0 Å². The van der Waals surface area contributed by atoms with E-state index >= 15 is 0 Å². The quantitative estimate of drug-likeness (QED) is 0.712. The number of hydrogen-bond acceptors (Lipinski definition) is 2. The van der Waals surface area contributed by atoms with Crippen LogP contribution in [0.5, 0.6) is 5.75 Å². The Morgan fingerprint density at radius 3 is 2.26 bits per heavy atom. The second-order valence-corrected chi connectivity index (χ2v) is 6.08. The molecule has 0 bridgehead atoms. The van der Waals surface area contributed by atoms with Crippen LogP contribution >= 0.6 is 0 Å². The first-order chi connectivity index (χ1) is 9.04. The number of ether oxygens (including phenoxy) is 1. The van der Waals surface area contributed by atoms with Crippen molar-refractivity contribution in [2.45, 2.75) is 52.4 Å². The van der Waals surface area contributed by atoms with Crippen molar-refractivity contribution in [3.8, 4) is 5.75 Å². The second kappa shape index (κ2) is 8.21. The van der Waals surface area contributed by atoms with Gasteiger partial charge in [-0.1, -0.05) is 52.7 Å². The van der Waals surface area contributed by atoms with Crippen LogP contribution in [0.25, 0.3) is 0 Å². The average Bonchev–Trinajstić information content (AvgIpc) is 2.37. The van der Waals surface area contributed by atoms with Gasteiger partial charge in [0.15, 0.2) is 0 Å². The minimum absolute atomic E-state index is 0.208. The molecular formula is C17H29NO. The van der Waals surface area contributed by atoms with Gasteiger partial charge >= 0.3 is 0 Å². The molecule has 1 aromatic carbocycles. The first-order valence-corrected chi connectivity index (χ1v) is 7.48. The fourth-order valence-electron chi connectivity index (χ4n) is 1.92. The lowest BCUT2D eigenvalue weighted by Gasteiger charge is -2.19. The maximum Gasteiger partial charge on any atom is 0.119 e. The molecule has 0 fully saturated rings. The van der Waals surface area contributed by atoms with E-state index in [2.05, 4.69) is 57.3 Å². The van der Waals surface area contributed by atoms with Gasteiger partial charge in [-0.25, -0.2) is 0 Å². The lowest BCUT2D eigenvalue weighted by Crippen LogP contribution is -2.22. The summed E-state index contributed by atoms with van der Waals surface area (Å²) in [4.78, 5) is 0. The minimum atomic E-state index is 0.208. The zero-order chi connectivity index (χ0) is 14.1. The van der Waals surface area contributed by atoms with Crippen LogP contribution in [0.3, 0.4) is 0 Å². The molecule has 0 aliphatic heterocycles. The van der Waals surface area contributed by atoms with Crippen LogP contribution < -0.4 is 10.1 Å². The van der Waals surface area contributed by atoms with Gasteiger partial charge in [0.25, 0.3) is 0 Å². The van der Waals surface area contributed by atoms with E-state index in [1.807, 2.05) is 0 Å². The Labute approximate surface area is 118 Å². The number of rotatable bonds is 8. The predicted octanol–water partition coefficient (Wildman–Crippen LogP) is 4.14. The Balaban J connectivity index is 2.20. The van der Waals surface area contributed by atoms with E-state index in [0.29, 0.717) is 0 Å². The maximum atomic E-state index is 5.72. The van der Waals surface area contributed by atoms with Gasteiger partial charge < -0.3 is 10.1 Å². The Morgan fingerprint density at radius 2 is 1.68 bits per heavy atom. The molecule has 0 spiro atoms. The van der Waals surface area contributed by atoms with Crippen molar-refractivity contribution in [2.75, 3.05) is 19.7 Å². The third-order valence-electron chi connectivity index (χ3n) is 3.23. The second-order valence-electron chi connectivity index (χ2n) is 6.08. The predicted molar refractivity (Wildman–Crippen MR) is 83.0 cm³/mol. The van der Waals surface area contributed by atoms with E-state index in [-0.39, 0.29) is 5.41 Å². The third kappa shape index (κ3) is 6.63. The monoisotopic (exact) mass is 263 g/mol. The van der Waals surface area contributed by atoms with Crippen molar-refractivity contribution in [1.29, 1.82) is 0 Å².